The Morgan fingerprint density at radius 2 is 1.92 bits per heavy atom. The van der Waals surface area contributed by atoms with Crippen molar-refractivity contribution in [1.29, 1.82) is 5.26 Å². The lowest BCUT2D eigenvalue weighted by molar-refractivity contribution is -0.151. The van der Waals surface area contributed by atoms with Gasteiger partial charge in [0.1, 0.15) is 6.04 Å². The van der Waals surface area contributed by atoms with Crippen LogP contribution < -0.4 is 0 Å². The summed E-state index contributed by atoms with van der Waals surface area (Å²) in [5, 5.41) is 19.6. The van der Waals surface area contributed by atoms with Gasteiger partial charge in [-0.3, -0.25) is 4.79 Å². The molecule has 2 fully saturated rings. The zero-order valence-corrected chi connectivity index (χ0v) is 15.1. The van der Waals surface area contributed by atoms with E-state index in [1.807, 2.05) is 0 Å². The molecule has 3 aliphatic rings. The van der Waals surface area contributed by atoms with Crippen molar-refractivity contribution in [2.24, 2.45) is 5.92 Å². The normalized spacial score (nSPS) is 28.5. The molecule has 1 saturated carbocycles. The minimum absolute atomic E-state index is 0.0394. The fourth-order valence-corrected chi connectivity index (χ4v) is 4.95. The van der Waals surface area contributed by atoms with Gasteiger partial charge in [-0.1, -0.05) is 43.2 Å². The maximum atomic E-state index is 12.8. The van der Waals surface area contributed by atoms with E-state index in [2.05, 4.69) is 36.4 Å². The molecule has 0 radical (unpaired) electrons. The molecule has 1 saturated heterocycles. The quantitative estimate of drug-likeness (QED) is 0.902. The first-order valence-electron chi connectivity index (χ1n) is 9.86. The van der Waals surface area contributed by atoms with E-state index in [0.29, 0.717) is 0 Å². The van der Waals surface area contributed by atoms with E-state index in [0.717, 1.165) is 44.1 Å². The highest BCUT2D eigenvalue weighted by molar-refractivity contribution is 5.82. The number of carbonyl (C=O) groups excluding carboxylic acids is 1. The first-order valence-corrected chi connectivity index (χ1v) is 9.86. The summed E-state index contributed by atoms with van der Waals surface area (Å²) in [6, 6.07) is 9.98. The predicted molar refractivity (Wildman–Crippen MR) is 100 cm³/mol. The van der Waals surface area contributed by atoms with E-state index in [1.165, 1.54) is 17.6 Å². The lowest BCUT2D eigenvalue weighted by Crippen LogP contribution is -2.66. The van der Waals surface area contributed by atoms with E-state index in [4.69, 9.17) is 0 Å². The third-order valence-electron chi connectivity index (χ3n) is 6.40. The van der Waals surface area contributed by atoms with Crippen LogP contribution >= 0.6 is 0 Å². The molecule has 136 valence electrons. The summed E-state index contributed by atoms with van der Waals surface area (Å²) in [6.07, 6.45) is 9.82. The fourth-order valence-electron chi connectivity index (χ4n) is 4.95. The van der Waals surface area contributed by atoms with Crippen LogP contribution in [0.25, 0.3) is 5.57 Å². The smallest absolute Gasteiger partial charge is 0.227 e. The average molecular weight is 350 g/mol. The number of amides is 1. The Hall–Kier alpha value is -2.12. The number of aliphatic hydroxyl groups is 1. The standard InChI is InChI=1S/C22H26N2O2/c23-13-19-21(17-11-9-16(10-12-17)15-5-1-2-6-15)20(14-25)24(19)22(26)18-7-3-4-8-18/h5,9-12,18-21,25H,1-4,6-8,14H2/t19-,20-,21+/m1/s1. The number of rotatable bonds is 4. The second-order valence-electron chi connectivity index (χ2n) is 7.82. The molecule has 4 rings (SSSR count). The second kappa shape index (κ2) is 7.25. The average Bonchev–Trinajstić information content (AvgIpc) is 3.36. The number of nitriles is 1. The molecule has 3 atom stereocenters. The molecule has 1 amide bonds. The molecule has 4 heteroatoms. The van der Waals surface area contributed by atoms with Gasteiger partial charge in [0, 0.05) is 11.8 Å². The molecule has 1 aliphatic heterocycles. The molecule has 2 aliphatic carbocycles. The minimum Gasteiger partial charge on any atom is -0.394 e. The summed E-state index contributed by atoms with van der Waals surface area (Å²) in [4.78, 5) is 14.5. The number of hydrogen-bond acceptors (Lipinski definition) is 3. The van der Waals surface area contributed by atoms with Crippen molar-refractivity contribution in [3.8, 4) is 6.07 Å². The lowest BCUT2D eigenvalue weighted by atomic mass is 9.74. The molecule has 0 bridgehead atoms. The van der Waals surface area contributed by atoms with Gasteiger partial charge in [0.2, 0.25) is 5.91 Å². The number of allylic oxidation sites excluding steroid dienone is 2. The molecular formula is C22H26N2O2. The van der Waals surface area contributed by atoms with Gasteiger partial charge in [-0.05, 0) is 48.8 Å². The third kappa shape index (κ3) is 2.85. The number of nitrogens with zero attached hydrogens (tertiary/aromatic N) is 2. The van der Waals surface area contributed by atoms with Gasteiger partial charge in [-0.2, -0.15) is 5.26 Å². The molecule has 26 heavy (non-hydrogen) atoms. The van der Waals surface area contributed by atoms with Crippen molar-refractivity contribution < 1.29 is 9.90 Å². The third-order valence-corrected chi connectivity index (χ3v) is 6.40. The van der Waals surface area contributed by atoms with Gasteiger partial charge in [0.25, 0.3) is 0 Å². The topological polar surface area (TPSA) is 64.3 Å². The zero-order chi connectivity index (χ0) is 18.1. The largest absolute Gasteiger partial charge is 0.394 e. The number of likely N-dealkylation sites (tertiary alicyclic amines) is 1. The first kappa shape index (κ1) is 17.3. The maximum absolute atomic E-state index is 12.8. The van der Waals surface area contributed by atoms with E-state index in [-0.39, 0.29) is 30.4 Å². The van der Waals surface area contributed by atoms with Crippen molar-refractivity contribution in [2.75, 3.05) is 6.61 Å². The van der Waals surface area contributed by atoms with Crippen molar-refractivity contribution in [3.05, 3.63) is 41.5 Å². The number of carbonyl (C=O) groups is 1. The van der Waals surface area contributed by atoms with Crippen molar-refractivity contribution in [2.45, 2.75) is 62.9 Å². The van der Waals surface area contributed by atoms with Crippen LogP contribution in [0.2, 0.25) is 0 Å². The van der Waals surface area contributed by atoms with Gasteiger partial charge < -0.3 is 10.0 Å². The molecule has 1 aromatic carbocycles. The molecule has 1 N–H and O–H groups in total. The molecule has 0 aromatic heterocycles. The first-order chi connectivity index (χ1) is 12.7. The minimum atomic E-state index is -0.461. The molecule has 4 nitrogen and oxygen atoms in total. The monoisotopic (exact) mass is 350 g/mol. The molecule has 0 unspecified atom stereocenters. The number of benzene rings is 1. The van der Waals surface area contributed by atoms with Gasteiger partial charge in [0.05, 0.1) is 18.7 Å². The highest BCUT2D eigenvalue weighted by Gasteiger charge is 2.52. The van der Waals surface area contributed by atoms with Gasteiger partial charge >= 0.3 is 0 Å². The Morgan fingerprint density at radius 1 is 1.19 bits per heavy atom. The summed E-state index contributed by atoms with van der Waals surface area (Å²) >= 11 is 0. The zero-order valence-electron chi connectivity index (χ0n) is 15.1. The van der Waals surface area contributed by atoms with Crippen molar-refractivity contribution in [3.63, 3.8) is 0 Å². The summed E-state index contributed by atoms with van der Waals surface area (Å²) in [6.45, 7) is -0.0891. The Balaban J connectivity index is 1.54. The Bertz CT molecular complexity index is 740. The lowest BCUT2D eigenvalue weighted by Gasteiger charge is -2.52. The van der Waals surface area contributed by atoms with Crippen LogP contribution in [0, 0.1) is 17.2 Å². The van der Waals surface area contributed by atoms with Crippen LogP contribution in [0.15, 0.2) is 30.3 Å². The van der Waals surface area contributed by atoms with Crippen LogP contribution in [0.5, 0.6) is 0 Å². The number of hydrogen-bond donors (Lipinski definition) is 1. The van der Waals surface area contributed by atoms with E-state index in [9.17, 15) is 15.2 Å². The molecule has 1 aromatic rings. The summed E-state index contributed by atoms with van der Waals surface area (Å²) < 4.78 is 0. The highest BCUT2D eigenvalue weighted by Crippen LogP contribution is 2.43. The van der Waals surface area contributed by atoms with Gasteiger partial charge in [-0.15, -0.1) is 0 Å². The van der Waals surface area contributed by atoms with Crippen LogP contribution in [0.3, 0.4) is 0 Å². The van der Waals surface area contributed by atoms with Gasteiger partial charge in [-0.25, -0.2) is 0 Å². The SMILES string of the molecule is N#C[C@@H]1[C@H](c2ccc(C3=CCCC3)cc2)[C@@H](CO)N1C(=O)C1CCCC1. The molecular weight excluding hydrogens is 324 g/mol. The van der Waals surface area contributed by atoms with E-state index < -0.39 is 6.04 Å². The molecule has 0 spiro atoms. The van der Waals surface area contributed by atoms with Crippen molar-refractivity contribution >= 4 is 11.5 Å². The summed E-state index contributed by atoms with van der Waals surface area (Å²) in [5.74, 6) is 0.0107. The Kier molecular flexibility index (Phi) is 4.82. The van der Waals surface area contributed by atoms with E-state index >= 15 is 0 Å². The number of aliphatic hydroxyl groups excluding tert-OH is 1. The van der Waals surface area contributed by atoms with E-state index in [1.54, 1.807) is 4.90 Å². The Labute approximate surface area is 155 Å². The second-order valence-corrected chi connectivity index (χ2v) is 7.82. The van der Waals surface area contributed by atoms with Crippen LogP contribution in [0.1, 0.15) is 62.0 Å². The molecule has 1 heterocycles. The highest BCUT2D eigenvalue weighted by atomic mass is 16.3. The van der Waals surface area contributed by atoms with Crippen molar-refractivity contribution in [1.82, 2.24) is 4.90 Å². The fraction of sp³-hybridized carbons (Fsp3) is 0.545. The Morgan fingerprint density at radius 3 is 2.50 bits per heavy atom. The summed E-state index contributed by atoms with van der Waals surface area (Å²) in [7, 11) is 0. The van der Waals surface area contributed by atoms with Crippen LogP contribution in [-0.2, 0) is 4.79 Å². The van der Waals surface area contributed by atoms with Gasteiger partial charge in [0.15, 0.2) is 0 Å². The van der Waals surface area contributed by atoms with Crippen LogP contribution in [0.4, 0.5) is 0 Å². The predicted octanol–water partition coefficient (Wildman–Crippen LogP) is 3.62. The van der Waals surface area contributed by atoms with Crippen LogP contribution in [-0.4, -0.2) is 34.6 Å². The maximum Gasteiger partial charge on any atom is 0.227 e. The summed E-state index contributed by atoms with van der Waals surface area (Å²) in [5.41, 5.74) is 3.70.